The highest BCUT2D eigenvalue weighted by Crippen LogP contribution is 2.24. The van der Waals surface area contributed by atoms with Gasteiger partial charge in [-0.3, -0.25) is 0 Å². The summed E-state index contributed by atoms with van der Waals surface area (Å²) in [5.41, 5.74) is 3.38. The minimum absolute atomic E-state index is 0.688. The van der Waals surface area contributed by atoms with Crippen LogP contribution in [0.3, 0.4) is 0 Å². The number of nitriles is 1. The van der Waals surface area contributed by atoms with Crippen LogP contribution in [0.4, 0.5) is 0 Å². The number of hydrogen-bond donors (Lipinski definition) is 1. The van der Waals surface area contributed by atoms with Gasteiger partial charge in [0, 0.05) is 23.8 Å². The molecule has 1 atom stereocenters. The average Bonchev–Trinajstić information content (AvgIpc) is 3.13. The lowest BCUT2D eigenvalue weighted by atomic mass is 10.1. The Morgan fingerprint density at radius 2 is 2.29 bits per heavy atom. The van der Waals surface area contributed by atoms with E-state index in [1.54, 1.807) is 0 Å². The Morgan fingerprint density at radius 1 is 1.38 bits per heavy atom. The van der Waals surface area contributed by atoms with Gasteiger partial charge in [-0.25, -0.2) is 0 Å². The van der Waals surface area contributed by atoms with Crippen LogP contribution in [0.5, 0.6) is 0 Å². The molecule has 0 unspecified atom stereocenters. The van der Waals surface area contributed by atoms with Crippen molar-refractivity contribution in [1.82, 2.24) is 9.88 Å². The molecule has 0 spiro atoms. The topological polar surface area (TPSA) is 40.8 Å². The van der Waals surface area contributed by atoms with E-state index < -0.39 is 0 Å². The third-order valence-electron chi connectivity index (χ3n) is 4.48. The summed E-state index contributed by atoms with van der Waals surface area (Å²) in [6.45, 7) is 4.42. The number of fused-ring (bicyclic) bond motifs is 1. The van der Waals surface area contributed by atoms with E-state index in [4.69, 9.17) is 5.26 Å². The van der Waals surface area contributed by atoms with Gasteiger partial charge in [0.05, 0.1) is 11.6 Å². The van der Waals surface area contributed by atoms with Gasteiger partial charge in [-0.05, 0) is 62.2 Å². The summed E-state index contributed by atoms with van der Waals surface area (Å²) in [4.78, 5) is 0. The van der Waals surface area contributed by atoms with Gasteiger partial charge < -0.3 is 9.88 Å². The fourth-order valence-corrected chi connectivity index (χ4v) is 3.40. The van der Waals surface area contributed by atoms with Gasteiger partial charge >= 0.3 is 0 Å². The Hall–Kier alpha value is -1.79. The van der Waals surface area contributed by atoms with Crippen LogP contribution in [-0.2, 0) is 13.0 Å². The maximum atomic E-state index is 9.10. The Bertz CT molecular complexity index is 657. The van der Waals surface area contributed by atoms with Gasteiger partial charge in [0.15, 0.2) is 0 Å². The molecular formula is C18H23N3. The van der Waals surface area contributed by atoms with E-state index in [2.05, 4.69) is 35.0 Å². The van der Waals surface area contributed by atoms with Crippen LogP contribution in [-0.4, -0.2) is 17.2 Å². The summed E-state index contributed by atoms with van der Waals surface area (Å²) in [5, 5.41) is 13.9. The summed E-state index contributed by atoms with van der Waals surface area (Å²) < 4.78 is 2.41. The first-order chi connectivity index (χ1) is 10.3. The van der Waals surface area contributed by atoms with Crippen molar-refractivity contribution in [2.45, 2.75) is 51.6 Å². The van der Waals surface area contributed by atoms with Gasteiger partial charge in [-0.15, -0.1) is 0 Å². The van der Waals surface area contributed by atoms with Crippen molar-refractivity contribution in [3.8, 4) is 6.07 Å². The van der Waals surface area contributed by atoms with Gasteiger partial charge in [0.2, 0.25) is 0 Å². The van der Waals surface area contributed by atoms with E-state index in [0.717, 1.165) is 24.9 Å². The molecule has 1 saturated heterocycles. The molecule has 1 N–H and O–H groups in total. The maximum Gasteiger partial charge on any atom is 0.0992 e. The largest absolute Gasteiger partial charge is 0.345 e. The average molecular weight is 281 g/mol. The van der Waals surface area contributed by atoms with E-state index in [-0.39, 0.29) is 0 Å². The Kier molecular flexibility index (Phi) is 4.26. The first kappa shape index (κ1) is 14.2. The molecule has 110 valence electrons. The smallest absolute Gasteiger partial charge is 0.0992 e. The molecule has 3 rings (SSSR count). The SMILES string of the molecule is CCCn1c(CC[C@@H]2CCCN2)cc2ccc(C#N)cc21. The minimum atomic E-state index is 0.688. The van der Waals surface area contributed by atoms with E-state index in [9.17, 15) is 0 Å². The molecule has 1 aliphatic heterocycles. The fraction of sp³-hybridized carbons (Fsp3) is 0.500. The fourth-order valence-electron chi connectivity index (χ4n) is 3.40. The molecular weight excluding hydrogens is 258 g/mol. The van der Waals surface area contributed by atoms with Crippen molar-refractivity contribution in [2.75, 3.05) is 6.54 Å². The molecule has 3 heteroatoms. The van der Waals surface area contributed by atoms with Crippen molar-refractivity contribution in [3.05, 3.63) is 35.5 Å². The van der Waals surface area contributed by atoms with Crippen LogP contribution in [0.2, 0.25) is 0 Å². The van der Waals surface area contributed by atoms with Crippen LogP contribution in [0.1, 0.15) is 43.9 Å². The molecule has 21 heavy (non-hydrogen) atoms. The number of aromatic nitrogens is 1. The first-order valence-corrected chi connectivity index (χ1v) is 8.07. The van der Waals surface area contributed by atoms with E-state index >= 15 is 0 Å². The molecule has 2 aromatic rings. The molecule has 0 radical (unpaired) electrons. The zero-order valence-corrected chi connectivity index (χ0v) is 12.7. The van der Waals surface area contributed by atoms with Crippen molar-refractivity contribution in [3.63, 3.8) is 0 Å². The predicted octanol–water partition coefficient (Wildman–Crippen LogP) is 3.61. The van der Waals surface area contributed by atoms with Gasteiger partial charge in [-0.2, -0.15) is 5.26 Å². The lowest BCUT2D eigenvalue weighted by molar-refractivity contribution is 0.543. The van der Waals surface area contributed by atoms with Crippen LogP contribution in [0, 0.1) is 11.3 Å². The lowest BCUT2D eigenvalue weighted by Crippen LogP contribution is -2.22. The standard InChI is InChI=1S/C18H23N3/c1-2-10-21-17(8-7-16-4-3-9-20-16)12-15-6-5-14(13-19)11-18(15)21/h5-6,11-12,16,20H,2-4,7-10H2,1H3/t16-/m0/s1. The molecule has 0 amide bonds. The Balaban J connectivity index is 1.89. The van der Waals surface area contributed by atoms with Crippen molar-refractivity contribution in [1.29, 1.82) is 5.26 Å². The van der Waals surface area contributed by atoms with E-state index in [1.165, 1.54) is 42.4 Å². The van der Waals surface area contributed by atoms with Gasteiger partial charge in [-0.1, -0.05) is 13.0 Å². The summed E-state index contributed by atoms with van der Waals surface area (Å²) in [6, 6.07) is 11.3. The second-order valence-corrected chi connectivity index (χ2v) is 6.00. The van der Waals surface area contributed by atoms with E-state index in [1.807, 2.05) is 12.1 Å². The molecule has 1 aliphatic rings. The molecule has 1 aromatic heterocycles. The third-order valence-corrected chi connectivity index (χ3v) is 4.48. The highest BCUT2D eigenvalue weighted by molar-refractivity contribution is 5.82. The predicted molar refractivity (Wildman–Crippen MR) is 86.3 cm³/mol. The highest BCUT2D eigenvalue weighted by atomic mass is 15.0. The summed E-state index contributed by atoms with van der Waals surface area (Å²) >= 11 is 0. The molecule has 2 heterocycles. The minimum Gasteiger partial charge on any atom is -0.345 e. The number of benzene rings is 1. The lowest BCUT2D eigenvalue weighted by Gasteiger charge is -2.13. The van der Waals surface area contributed by atoms with Crippen molar-refractivity contribution in [2.24, 2.45) is 0 Å². The summed E-state index contributed by atoms with van der Waals surface area (Å²) in [6.07, 6.45) is 6.08. The number of rotatable bonds is 5. The number of aryl methyl sites for hydroxylation is 2. The van der Waals surface area contributed by atoms with E-state index in [0.29, 0.717) is 6.04 Å². The monoisotopic (exact) mass is 281 g/mol. The molecule has 0 aliphatic carbocycles. The molecule has 0 saturated carbocycles. The van der Waals surface area contributed by atoms with Crippen LogP contribution in [0.25, 0.3) is 10.9 Å². The molecule has 0 bridgehead atoms. The molecule has 1 aromatic carbocycles. The first-order valence-electron chi connectivity index (χ1n) is 8.07. The highest BCUT2D eigenvalue weighted by Gasteiger charge is 2.15. The second-order valence-electron chi connectivity index (χ2n) is 6.00. The Labute approximate surface area is 126 Å². The second kappa shape index (κ2) is 6.32. The maximum absolute atomic E-state index is 9.10. The van der Waals surface area contributed by atoms with Crippen LogP contribution < -0.4 is 5.32 Å². The van der Waals surface area contributed by atoms with Crippen molar-refractivity contribution >= 4 is 10.9 Å². The summed E-state index contributed by atoms with van der Waals surface area (Å²) in [5.74, 6) is 0. The number of nitrogens with one attached hydrogen (secondary N) is 1. The third kappa shape index (κ3) is 2.96. The number of nitrogens with zero attached hydrogens (tertiary/aromatic N) is 2. The van der Waals surface area contributed by atoms with Crippen LogP contribution >= 0.6 is 0 Å². The normalized spacial score (nSPS) is 18.2. The summed E-state index contributed by atoms with van der Waals surface area (Å²) in [7, 11) is 0. The Morgan fingerprint density at radius 3 is 3.00 bits per heavy atom. The molecule has 1 fully saturated rings. The zero-order chi connectivity index (χ0) is 14.7. The van der Waals surface area contributed by atoms with Crippen LogP contribution in [0.15, 0.2) is 24.3 Å². The quantitative estimate of drug-likeness (QED) is 0.909. The van der Waals surface area contributed by atoms with Gasteiger partial charge in [0.1, 0.15) is 0 Å². The number of hydrogen-bond acceptors (Lipinski definition) is 2. The van der Waals surface area contributed by atoms with Gasteiger partial charge in [0.25, 0.3) is 0 Å². The van der Waals surface area contributed by atoms with Crippen molar-refractivity contribution < 1.29 is 0 Å². The molecule has 3 nitrogen and oxygen atoms in total. The zero-order valence-electron chi connectivity index (χ0n) is 12.7.